The monoisotopic (exact) mass is 306 g/mol. The van der Waals surface area contributed by atoms with Crippen molar-refractivity contribution in [3.05, 3.63) is 35.9 Å². The summed E-state index contributed by atoms with van der Waals surface area (Å²) in [6.45, 7) is 0. The molecule has 0 heterocycles. The quantitative estimate of drug-likeness (QED) is 0.804. The number of anilines is 1. The number of benzene rings is 1. The first-order valence-electron chi connectivity index (χ1n) is 5.44. The number of rotatable bonds is 4. The van der Waals surface area contributed by atoms with Gasteiger partial charge in [-0.2, -0.15) is 26.0 Å². The second kappa shape index (κ2) is 6.08. The minimum atomic E-state index is -5.46. The Morgan fingerprint density at radius 2 is 1.70 bits per heavy atom. The van der Waals surface area contributed by atoms with Crippen LogP contribution in [0.5, 0.6) is 0 Å². The van der Waals surface area contributed by atoms with Gasteiger partial charge in [0.1, 0.15) is 0 Å². The third-order valence-corrected chi connectivity index (χ3v) is 3.26. The van der Waals surface area contributed by atoms with E-state index in [2.05, 4.69) is 4.40 Å². The molecule has 8 heteroatoms. The maximum Gasteiger partial charge on any atom is 0.518 e. The molecule has 20 heavy (non-hydrogen) atoms. The molecule has 0 saturated carbocycles. The molecular formula is C12H13F3N2O2S. The molecule has 0 N–H and O–H groups in total. The average Bonchev–Trinajstić information content (AvgIpc) is 2.34. The molecule has 1 aromatic rings. The zero-order chi connectivity index (χ0) is 15.4. The van der Waals surface area contributed by atoms with E-state index < -0.39 is 15.5 Å². The fourth-order valence-corrected chi connectivity index (χ4v) is 1.56. The highest BCUT2D eigenvalue weighted by Gasteiger charge is 2.45. The van der Waals surface area contributed by atoms with Crippen molar-refractivity contribution in [3.63, 3.8) is 0 Å². The Balaban J connectivity index is 2.75. The minimum Gasteiger partial charge on any atom is -0.378 e. The largest absolute Gasteiger partial charge is 0.518 e. The number of allylic oxidation sites excluding steroid dienone is 1. The lowest BCUT2D eigenvalue weighted by atomic mass is 10.2. The number of nitrogens with zero attached hydrogens (tertiary/aromatic N) is 2. The average molecular weight is 306 g/mol. The summed E-state index contributed by atoms with van der Waals surface area (Å²) < 4.78 is 59.7. The van der Waals surface area contributed by atoms with Gasteiger partial charge in [0.2, 0.25) is 0 Å². The summed E-state index contributed by atoms with van der Waals surface area (Å²) >= 11 is 0. The molecule has 0 saturated heterocycles. The third-order valence-electron chi connectivity index (χ3n) is 2.28. The zero-order valence-corrected chi connectivity index (χ0v) is 11.6. The molecule has 0 fully saturated rings. The van der Waals surface area contributed by atoms with E-state index in [1.54, 1.807) is 12.1 Å². The van der Waals surface area contributed by atoms with Gasteiger partial charge in [-0.15, -0.1) is 0 Å². The van der Waals surface area contributed by atoms with Crippen molar-refractivity contribution >= 4 is 28.0 Å². The molecule has 4 nitrogen and oxygen atoms in total. The van der Waals surface area contributed by atoms with Gasteiger partial charge in [-0.3, -0.25) is 0 Å². The van der Waals surface area contributed by atoms with E-state index >= 15 is 0 Å². The van der Waals surface area contributed by atoms with E-state index in [1.165, 1.54) is 6.08 Å². The number of halogens is 3. The summed E-state index contributed by atoms with van der Waals surface area (Å²) in [7, 11) is -1.71. The van der Waals surface area contributed by atoms with Crippen LogP contribution in [-0.2, 0) is 10.0 Å². The van der Waals surface area contributed by atoms with E-state index in [4.69, 9.17) is 0 Å². The van der Waals surface area contributed by atoms with Gasteiger partial charge >= 0.3 is 15.5 Å². The van der Waals surface area contributed by atoms with Crippen molar-refractivity contribution in [2.24, 2.45) is 4.40 Å². The summed E-state index contributed by atoms with van der Waals surface area (Å²) in [6.07, 6.45) is 3.19. The third kappa shape index (κ3) is 4.37. The Bertz CT molecular complexity index is 603. The van der Waals surface area contributed by atoms with Crippen LogP contribution in [0.2, 0.25) is 0 Å². The van der Waals surface area contributed by atoms with Gasteiger partial charge in [0, 0.05) is 26.0 Å². The molecule has 0 radical (unpaired) electrons. The van der Waals surface area contributed by atoms with Gasteiger partial charge in [-0.1, -0.05) is 18.2 Å². The van der Waals surface area contributed by atoms with Gasteiger partial charge in [0.05, 0.1) is 0 Å². The Labute approximate surface area is 115 Å². The molecule has 0 spiro atoms. The van der Waals surface area contributed by atoms with Crippen molar-refractivity contribution in [3.8, 4) is 0 Å². The molecule has 0 aliphatic rings. The summed E-state index contributed by atoms with van der Waals surface area (Å²) in [5, 5.41) is 0. The van der Waals surface area contributed by atoms with Crippen LogP contribution in [0, 0.1) is 0 Å². The van der Waals surface area contributed by atoms with Crippen LogP contribution in [0.3, 0.4) is 0 Å². The Kier molecular flexibility index (Phi) is 4.93. The molecule has 1 rings (SSSR count). The van der Waals surface area contributed by atoms with Gasteiger partial charge in [0.15, 0.2) is 0 Å². The summed E-state index contributed by atoms with van der Waals surface area (Å²) in [4.78, 5) is 1.89. The number of alkyl halides is 3. The van der Waals surface area contributed by atoms with Gasteiger partial charge in [-0.25, -0.2) is 0 Å². The van der Waals surface area contributed by atoms with Crippen molar-refractivity contribution in [1.82, 2.24) is 0 Å². The highest BCUT2D eigenvalue weighted by Crippen LogP contribution is 2.24. The first kappa shape index (κ1) is 16.2. The van der Waals surface area contributed by atoms with E-state index in [1.807, 2.05) is 31.1 Å². The minimum absolute atomic E-state index is 0.600. The molecule has 0 amide bonds. The van der Waals surface area contributed by atoms with Crippen LogP contribution in [0.15, 0.2) is 34.7 Å². The lowest BCUT2D eigenvalue weighted by Gasteiger charge is -2.11. The van der Waals surface area contributed by atoms with Crippen LogP contribution < -0.4 is 4.90 Å². The van der Waals surface area contributed by atoms with Crippen molar-refractivity contribution in [2.45, 2.75) is 5.51 Å². The highest BCUT2D eigenvalue weighted by molar-refractivity contribution is 7.91. The van der Waals surface area contributed by atoms with Crippen LogP contribution >= 0.6 is 0 Å². The molecule has 1 aromatic carbocycles. The Hall–Kier alpha value is -1.83. The van der Waals surface area contributed by atoms with E-state index in [-0.39, 0.29) is 0 Å². The summed E-state index contributed by atoms with van der Waals surface area (Å²) in [5.41, 5.74) is -3.69. The van der Waals surface area contributed by atoms with Crippen LogP contribution in [0.25, 0.3) is 6.08 Å². The summed E-state index contributed by atoms with van der Waals surface area (Å²) in [6, 6.07) is 7.14. The number of sulfonamides is 1. The van der Waals surface area contributed by atoms with Crippen molar-refractivity contribution in [1.29, 1.82) is 0 Å². The molecule has 0 bridgehead atoms. The molecule has 0 aliphatic carbocycles. The van der Waals surface area contributed by atoms with Gasteiger partial charge < -0.3 is 4.90 Å². The van der Waals surface area contributed by atoms with Gasteiger partial charge in [-0.05, 0) is 23.8 Å². The molecule has 0 atom stereocenters. The smallest absolute Gasteiger partial charge is 0.378 e. The van der Waals surface area contributed by atoms with Crippen LogP contribution in [-0.4, -0.2) is 34.2 Å². The topological polar surface area (TPSA) is 49.7 Å². The molecule has 0 aromatic heterocycles. The van der Waals surface area contributed by atoms with Crippen molar-refractivity contribution < 1.29 is 21.6 Å². The molecule has 0 unspecified atom stereocenters. The van der Waals surface area contributed by atoms with E-state index in [0.29, 0.717) is 11.8 Å². The lowest BCUT2D eigenvalue weighted by molar-refractivity contribution is -0.0435. The van der Waals surface area contributed by atoms with Gasteiger partial charge in [0.25, 0.3) is 0 Å². The second-order valence-corrected chi connectivity index (χ2v) is 5.64. The fourth-order valence-electron chi connectivity index (χ4n) is 1.21. The van der Waals surface area contributed by atoms with E-state index in [0.717, 1.165) is 11.8 Å². The van der Waals surface area contributed by atoms with Crippen LogP contribution in [0.4, 0.5) is 18.9 Å². The van der Waals surface area contributed by atoms with E-state index in [9.17, 15) is 21.6 Å². The maximum absolute atomic E-state index is 12.0. The molecule has 110 valence electrons. The zero-order valence-electron chi connectivity index (χ0n) is 10.8. The fraction of sp³-hybridized carbons (Fsp3) is 0.250. The second-order valence-electron chi connectivity index (χ2n) is 4.02. The van der Waals surface area contributed by atoms with Crippen molar-refractivity contribution in [2.75, 3.05) is 19.0 Å². The standard InChI is InChI=1S/C12H13F3N2O2S/c1-17(2)11-7-5-10(6-8-11)4-3-9-16-20(18,19)12(13,14)15/h3-9H,1-2H3/b4-3+,16-9+. The summed E-state index contributed by atoms with van der Waals surface area (Å²) in [5.74, 6) is 0. The highest BCUT2D eigenvalue weighted by atomic mass is 32.2. The predicted octanol–water partition coefficient (Wildman–Crippen LogP) is 2.69. The number of hydrogen-bond donors (Lipinski definition) is 0. The Morgan fingerprint density at radius 3 is 2.15 bits per heavy atom. The molecular weight excluding hydrogens is 293 g/mol. The Morgan fingerprint density at radius 1 is 1.15 bits per heavy atom. The first-order valence-corrected chi connectivity index (χ1v) is 6.88. The maximum atomic E-state index is 12.0. The lowest BCUT2D eigenvalue weighted by Crippen LogP contribution is -2.20. The molecule has 0 aliphatic heterocycles. The SMILES string of the molecule is CN(C)c1ccc(/C=C/C=N/S(=O)(=O)C(F)(F)F)cc1. The number of hydrogen-bond acceptors (Lipinski definition) is 3. The predicted molar refractivity (Wildman–Crippen MR) is 73.3 cm³/mol. The van der Waals surface area contributed by atoms with Crippen LogP contribution in [0.1, 0.15) is 5.56 Å². The normalized spacial score (nSPS) is 13.2. The first-order chi connectivity index (χ1) is 9.13.